The van der Waals surface area contributed by atoms with E-state index in [1.54, 1.807) is 0 Å². The minimum absolute atomic E-state index is 1.11. The third-order valence-corrected chi connectivity index (χ3v) is 2.64. The SMILES string of the molecule is CCCCc1ccc(NC)c(CC)c1. The molecule has 0 unspecified atom stereocenters. The van der Waals surface area contributed by atoms with Gasteiger partial charge in [-0.3, -0.25) is 0 Å². The Morgan fingerprint density at radius 2 is 2.00 bits per heavy atom. The lowest BCUT2D eigenvalue weighted by molar-refractivity contribution is 0.794. The van der Waals surface area contributed by atoms with E-state index < -0.39 is 0 Å². The van der Waals surface area contributed by atoms with Gasteiger partial charge in [-0.1, -0.05) is 32.4 Å². The number of hydrogen-bond donors (Lipinski definition) is 1. The van der Waals surface area contributed by atoms with Gasteiger partial charge in [-0.25, -0.2) is 0 Å². The Balaban J connectivity index is 2.79. The summed E-state index contributed by atoms with van der Waals surface area (Å²) in [6, 6.07) is 6.77. The molecule has 0 radical (unpaired) electrons. The number of unbranched alkanes of at least 4 members (excludes halogenated alkanes) is 1. The molecular weight excluding hydrogens is 170 g/mol. The molecule has 1 rings (SSSR count). The minimum Gasteiger partial charge on any atom is -0.388 e. The Labute approximate surface area is 87.5 Å². The molecule has 1 heteroatoms. The maximum absolute atomic E-state index is 3.23. The second-order valence-corrected chi connectivity index (χ2v) is 3.70. The fraction of sp³-hybridized carbons (Fsp3) is 0.538. The number of anilines is 1. The van der Waals surface area contributed by atoms with Crippen molar-refractivity contribution in [2.24, 2.45) is 0 Å². The molecule has 1 nitrogen and oxygen atoms in total. The number of hydrogen-bond acceptors (Lipinski definition) is 1. The lowest BCUT2D eigenvalue weighted by Crippen LogP contribution is -1.96. The summed E-state index contributed by atoms with van der Waals surface area (Å²) in [6.45, 7) is 4.45. The molecule has 0 saturated heterocycles. The van der Waals surface area contributed by atoms with Gasteiger partial charge in [0, 0.05) is 12.7 Å². The smallest absolute Gasteiger partial charge is 0.0370 e. The van der Waals surface area contributed by atoms with Crippen LogP contribution in [-0.2, 0) is 12.8 Å². The molecule has 0 aliphatic rings. The highest BCUT2D eigenvalue weighted by Gasteiger charge is 2.00. The van der Waals surface area contributed by atoms with Crippen molar-refractivity contribution < 1.29 is 0 Å². The van der Waals surface area contributed by atoms with Crippen molar-refractivity contribution in [3.05, 3.63) is 29.3 Å². The first kappa shape index (κ1) is 11.1. The lowest BCUT2D eigenvalue weighted by atomic mass is 10.0. The largest absolute Gasteiger partial charge is 0.388 e. The van der Waals surface area contributed by atoms with Crippen LogP contribution in [-0.4, -0.2) is 7.05 Å². The van der Waals surface area contributed by atoms with Crippen molar-refractivity contribution in [2.45, 2.75) is 39.5 Å². The molecule has 0 aliphatic heterocycles. The van der Waals surface area contributed by atoms with Crippen LogP contribution in [0.3, 0.4) is 0 Å². The van der Waals surface area contributed by atoms with Crippen LogP contribution in [0.4, 0.5) is 5.69 Å². The summed E-state index contributed by atoms with van der Waals surface area (Å²) in [7, 11) is 1.99. The van der Waals surface area contributed by atoms with Gasteiger partial charge in [-0.05, 0) is 36.5 Å². The van der Waals surface area contributed by atoms with Crippen LogP contribution in [0.1, 0.15) is 37.8 Å². The van der Waals surface area contributed by atoms with E-state index in [9.17, 15) is 0 Å². The van der Waals surface area contributed by atoms with Crippen LogP contribution in [0.25, 0.3) is 0 Å². The van der Waals surface area contributed by atoms with Crippen LogP contribution in [0, 0.1) is 0 Å². The van der Waals surface area contributed by atoms with Gasteiger partial charge in [0.15, 0.2) is 0 Å². The molecule has 78 valence electrons. The predicted molar refractivity (Wildman–Crippen MR) is 64.0 cm³/mol. The zero-order chi connectivity index (χ0) is 10.4. The summed E-state index contributed by atoms with van der Waals surface area (Å²) in [5, 5.41) is 3.23. The Hall–Kier alpha value is -0.980. The summed E-state index contributed by atoms with van der Waals surface area (Å²) < 4.78 is 0. The van der Waals surface area contributed by atoms with Gasteiger partial charge >= 0.3 is 0 Å². The van der Waals surface area contributed by atoms with E-state index in [0.717, 1.165) is 6.42 Å². The normalized spacial score (nSPS) is 10.2. The monoisotopic (exact) mass is 191 g/mol. The molecule has 0 aromatic heterocycles. The topological polar surface area (TPSA) is 12.0 Å². The van der Waals surface area contributed by atoms with E-state index in [1.807, 2.05) is 7.05 Å². The molecule has 0 atom stereocenters. The van der Waals surface area contributed by atoms with Crippen LogP contribution in [0.5, 0.6) is 0 Å². The zero-order valence-electron chi connectivity index (χ0n) is 9.56. The number of nitrogens with one attached hydrogen (secondary N) is 1. The maximum Gasteiger partial charge on any atom is 0.0370 e. The number of rotatable bonds is 5. The highest BCUT2D eigenvalue weighted by Crippen LogP contribution is 2.18. The van der Waals surface area contributed by atoms with Crippen LogP contribution in [0.15, 0.2) is 18.2 Å². The molecule has 0 saturated carbocycles. The maximum atomic E-state index is 3.23. The molecule has 0 amide bonds. The van der Waals surface area contributed by atoms with E-state index in [1.165, 1.54) is 36.1 Å². The van der Waals surface area contributed by atoms with Crippen molar-refractivity contribution in [3.63, 3.8) is 0 Å². The van der Waals surface area contributed by atoms with Crippen molar-refractivity contribution in [3.8, 4) is 0 Å². The number of benzene rings is 1. The third-order valence-electron chi connectivity index (χ3n) is 2.64. The van der Waals surface area contributed by atoms with Crippen molar-refractivity contribution in [2.75, 3.05) is 12.4 Å². The number of aryl methyl sites for hydroxylation is 2. The predicted octanol–water partition coefficient (Wildman–Crippen LogP) is 3.63. The summed E-state index contributed by atoms with van der Waals surface area (Å²) in [6.07, 6.45) is 4.89. The Bertz CT molecular complexity index is 279. The summed E-state index contributed by atoms with van der Waals surface area (Å²) in [4.78, 5) is 0. The van der Waals surface area contributed by atoms with Crippen LogP contribution in [0.2, 0.25) is 0 Å². The van der Waals surface area contributed by atoms with Crippen molar-refractivity contribution >= 4 is 5.69 Å². The molecule has 1 aromatic rings. The fourth-order valence-electron chi connectivity index (χ4n) is 1.72. The van der Waals surface area contributed by atoms with E-state index in [4.69, 9.17) is 0 Å². The molecule has 1 aromatic carbocycles. The molecular formula is C13H21N. The van der Waals surface area contributed by atoms with E-state index in [0.29, 0.717) is 0 Å². The summed E-state index contributed by atoms with van der Waals surface area (Å²) >= 11 is 0. The first-order valence-electron chi connectivity index (χ1n) is 5.61. The molecule has 0 heterocycles. The third kappa shape index (κ3) is 2.76. The molecule has 0 spiro atoms. The van der Waals surface area contributed by atoms with Gasteiger partial charge in [0.1, 0.15) is 0 Å². The molecule has 0 fully saturated rings. The van der Waals surface area contributed by atoms with Crippen molar-refractivity contribution in [1.29, 1.82) is 0 Å². The zero-order valence-corrected chi connectivity index (χ0v) is 9.56. The minimum atomic E-state index is 1.11. The standard InChI is InChI=1S/C13H21N/c1-4-6-7-11-8-9-13(14-3)12(5-2)10-11/h8-10,14H,4-7H2,1-3H3. The average molecular weight is 191 g/mol. The highest BCUT2D eigenvalue weighted by molar-refractivity contribution is 5.52. The van der Waals surface area contributed by atoms with Crippen LogP contribution >= 0.6 is 0 Å². The van der Waals surface area contributed by atoms with Gasteiger partial charge in [0.25, 0.3) is 0 Å². The Kier molecular flexibility index (Phi) is 4.51. The molecule has 0 bridgehead atoms. The lowest BCUT2D eigenvalue weighted by Gasteiger charge is -2.09. The fourth-order valence-corrected chi connectivity index (χ4v) is 1.72. The molecule has 14 heavy (non-hydrogen) atoms. The Morgan fingerprint density at radius 1 is 1.21 bits per heavy atom. The first-order valence-corrected chi connectivity index (χ1v) is 5.61. The van der Waals surface area contributed by atoms with Gasteiger partial charge in [0.2, 0.25) is 0 Å². The molecule has 1 N–H and O–H groups in total. The molecule has 0 aliphatic carbocycles. The average Bonchev–Trinajstić information content (AvgIpc) is 2.25. The van der Waals surface area contributed by atoms with Crippen LogP contribution < -0.4 is 5.32 Å². The van der Waals surface area contributed by atoms with Gasteiger partial charge in [-0.2, -0.15) is 0 Å². The van der Waals surface area contributed by atoms with E-state index in [2.05, 4.69) is 37.4 Å². The van der Waals surface area contributed by atoms with Gasteiger partial charge in [0.05, 0.1) is 0 Å². The first-order chi connectivity index (χ1) is 6.81. The summed E-state index contributed by atoms with van der Waals surface area (Å²) in [5.74, 6) is 0. The van der Waals surface area contributed by atoms with Gasteiger partial charge in [-0.15, -0.1) is 0 Å². The second kappa shape index (κ2) is 5.69. The quantitative estimate of drug-likeness (QED) is 0.749. The van der Waals surface area contributed by atoms with Gasteiger partial charge < -0.3 is 5.32 Å². The van der Waals surface area contributed by atoms with E-state index in [-0.39, 0.29) is 0 Å². The Morgan fingerprint density at radius 3 is 2.57 bits per heavy atom. The highest BCUT2D eigenvalue weighted by atomic mass is 14.8. The second-order valence-electron chi connectivity index (χ2n) is 3.70. The van der Waals surface area contributed by atoms with Crippen molar-refractivity contribution in [1.82, 2.24) is 0 Å². The summed E-state index contributed by atoms with van der Waals surface area (Å²) in [5.41, 5.74) is 4.18. The van der Waals surface area contributed by atoms with E-state index >= 15 is 0 Å².